The van der Waals surface area contributed by atoms with Gasteiger partial charge in [0, 0.05) is 33.4 Å². The molecule has 1 aromatic heterocycles. The third kappa shape index (κ3) is 6.35. The van der Waals surface area contributed by atoms with Gasteiger partial charge in [-0.25, -0.2) is 0 Å². The Balaban J connectivity index is 1.04. The van der Waals surface area contributed by atoms with Gasteiger partial charge in [0.05, 0.1) is 16.7 Å². The first kappa shape index (κ1) is 37.3. The molecule has 0 fully saturated rings. The van der Waals surface area contributed by atoms with Gasteiger partial charge in [-0.3, -0.25) is 0 Å². The minimum absolute atomic E-state index is 1.08. The molecule has 11 aromatic carbocycles. The average Bonchev–Trinajstić information content (AvgIpc) is 3.70. The lowest BCUT2D eigenvalue weighted by Gasteiger charge is -2.28. The fourth-order valence-electron chi connectivity index (χ4n) is 9.91. The molecule has 0 aliphatic heterocycles. The summed E-state index contributed by atoms with van der Waals surface area (Å²) >= 11 is 0. The van der Waals surface area contributed by atoms with E-state index < -0.39 is 0 Å². The highest BCUT2D eigenvalue weighted by Crippen LogP contribution is 2.46. The summed E-state index contributed by atoms with van der Waals surface area (Å²) < 4.78 is 2.38. The Labute approximate surface area is 373 Å². The van der Waals surface area contributed by atoms with Crippen molar-refractivity contribution in [2.75, 3.05) is 4.90 Å². The summed E-state index contributed by atoms with van der Waals surface area (Å²) in [7, 11) is 0. The topological polar surface area (TPSA) is 8.17 Å². The highest BCUT2D eigenvalue weighted by molar-refractivity contribution is 6.22. The maximum absolute atomic E-state index is 2.42. The van der Waals surface area contributed by atoms with E-state index in [0.717, 1.165) is 28.3 Å². The number of para-hydroxylation sites is 3. The molecule has 64 heavy (non-hydrogen) atoms. The Morgan fingerprint density at radius 1 is 0.266 bits per heavy atom. The van der Waals surface area contributed by atoms with Gasteiger partial charge in [0.25, 0.3) is 0 Å². The molecule has 0 saturated heterocycles. The summed E-state index contributed by atoms with van der Waals surface area (Å²) in [5, 5.41) is 7.44. The molecular weight excluding hydrogens is 773 g/mol. The van der Waals surface area contributed by atoms with Gasteiger partial charge in [0.15, 0.2) is 0 Å². The van der Waals surface area contributed by atoms with Crippen molar-refractivity contribution in [3.63, 3.8) is 0 Å². The molecule has 0 spiro atoms. The van der Waals surface area contributed by atoms with Crippen LogP contribution in [0.3, 0.4) is 0 Å². The summed E-state index contributed by atoms with van der Waals surface area (Å²) in [6.45, 7) is 0. The van der Waals surface area contributed by atoms with Crippen LogP contribution in [-0.2, 0) is 0 Å². The van der Waals surface area contributed by atoms with Crippen LogP contribution in [0.15, 0.2) is 255 Å². The first-order valence-electron chi connectivity index (χ1n) is 22.0. The van der Waals surface area contributed by atoms with Crippen molar-refractivity contribution < 1.29 is 0 Å². The Hall–Kier alpha value is -8.46. The normalized spacial score (nSPS) is 11.4. The van der Waals surface area contributed by atoms with Crippen LogP contribution >= 0.6 is 0 Å². The molecule has 2 heteroatoms. The van der Waals surface area contributed by atoms with Crippen molar-refractivity contribution in [2.24, 2.45) is 0 Å². The second-order valence-electron chi connectivity index (χ2n) is 16.4. The van der Waals surface area contributed by atoms with Gasteiger partial charge < -0.3 is 9.47 Å². The Morgan fingerprint density at radius 2 is 0.750 bits per heavy atom. The molecule has 0 unspecified atom stereocenters. The van der Waals surface area contributed by atoms with Gasteiger partial charge >= 0.3 is 0 Å². The maximum atomic E-state index is 2.42. The summed E-state index contributed by atoms with van der Waals surface area (Å²) in [5.74, 6) is 0. The van der Waals surface area contributed by atoms with Crippen molar-refractivity contribution in [1.82, 2.24) is 4.57 Å². The van der Waals surface area contributed by atoms with E-state index in [1.54, 1.807) is 0 Å². The van der Waals surface area contributed by atoms with E-state index in [-0.39, 0.29) is 0 Å². The van der Waals surface area contributed by atoms with Gasteiger partial charge in [-0.15, -0.1) is 0 Å². The number of hydrogen-bond donors (Lipinski definition) is 0. The SMILES string of the molecule is c1ccc(-c2ccccc2N(c2ccc(-c3ccc4c(-c5ccccc5)c5ccccc5c(-c5ccccc5)c4c3)cc2)c2ccc3c(c2)c2ccccc2n3-c2ccccc2)cc1. The number of rotatable bonds is 8. The largest absolute Gasteiger partial charge is 0.310 e. The molecule has 0 bridgehead atoms. The highest BCUT2D eigenvalue weighted by atomic mass is 15.1. The molecule has 2 nitrogen and oxygen atoms in total. The van der Waals surface area contributed by atoms with Gasteiger partial charge in [0.2, 0.25) is 0 Å². The molecule has 12 aromatic rings. The van der Waals surface area contributed by atoms with Gasteiger partial charge in [0.1, 0.15) is 0 Å². The Kier molecular flexibility index (Phi) is 9.20. The predicted octanol–water partition coefficient (Wildman–Crippen LogP) is 17.2. The van der Waals surface area contributed by atoms with E-state index in [1.807, 2.05) is 0 Å². The summed E-state index contributed by atoms with van der Waals surface area (Å²) in [6, 6.07) is 92.6. The molecule has 0 amide bonds. The lowest BCUT2D eigenvalue weighted by atomic mass is 9.85. The fourth-order valence-corrected chi connectivity index (χ4v) is 9.91. The van der Waals surface area contributed by atoms with Crippen molar-refractivity contribution in [2.45, 2.75) is 0 Å². The van der Waals surface area contributed by atoms with Crippen LogP contribution in [0.2, 0.25) is 0 Å². The van der Waals surface area contributed by atoms with E-state index in [4.69, 9.17) is 0 Å². The molecule has 0 N–H and O–H groups in total. The molecule has 300 valence electrons. The Bertz CT molecular complexity index is 3630. The smallest absolute Gasteiger partial charge is 0.0542 e. The first-order chi connectivity index (χ1) is 31.8. The minimum atomic E-state index is 1.08. The molecule has 1 heterocycles. The minimum Gasteiger partial charge on any atom is -0.310 e. The fraction of sp³-hybridized carbons (Fsp3) is 0. The van der Waals surface area contributed by atoms with Crippen LogP contribution in [0.1, 0.15) is 0 Å². The summed E-state index contributed by atoms with van der Waals surface area (Å²) in [5.41, 5.74) is 16.5. The van der Waals surface area contributed by atoms with Crippen LogP contribution in [-0.4, -0.2) is 4.57 Å². The zero-order valence-corrected chi connectivity index (χ0v) is 35.1. The summed E-state index contributed by atoms with van der Waals surface area (Å²) in [4.78, 5) is 2.42. The second-order valence-corrected chi connectivity index (χ2v) is 16.4. The number of benzene rings is 11. The molecule has 12 rings (SSSR count). The molecule has 0 atom stereocenters. The lowest BCUT2D eigenvalue weighted by Crippen LogP contribution is -2.11. The zero-order chi connectivity index (χ0) is 42.4. The third-order valence-corrected chi connectivity index (χ3v) is 12.8. The van der Waals surface area contributed by atoms with E-state index in [9.17, 15) is 0 Å². The van der Waals surface area contributed by atoms with E-state index in [1.165, 1.54) is 82.3 Å². The monoisotopic (exact) mass is 814 g/mol. The van der Waals surface area contributed by atoms with Crippen molar-refractivity contribution in [3.8, 4) is 50.2 Å². The van der Waals surface area contributed by atoms with Crippen LogP contribution < -0.4 is 4.90 Å². The van der Waals surface area contributed by atoms with E-state index in [2.05, 4.69) is 264 Å². The number of hydrogen-bond acceptors (Lipinski definition) is 1. The van der Waals surface area contributed by atoms with E-state index >= 15 is 0 Å². The van der Waals surface area contributed by atoms with Crippen LogP contribution in [0, 0.1) is 0 Å². The molecule has 0 aliphatic carbocycles. The first-order valence-corrected chi connectivity index (χ1v) is 22.0. The van der Waals surface area contributed by atoms with Crippen molar-refractivity contribution >= 4 is 60.4 Å². The van der Waals surface area contributed by atoms with Gasteiger partial charge in [-0.05, 0) is 121 Å². The average molecular weight is 815 g/mol. The van der Waals surface area contributed by atoms with Crippen molar-refractivity contribution in [3.05, 3.63) is 255 Å². The van der Waals surface area contributed by atoms with Gasteiger partial charge in [-0.1, -0.05) is 194 Å². The van der Waals surface area contributed by atoms with Crippen molar-refractivity contribution in [1.29, 1.82) is 0 Å². The molecule has 0 aliphatic rings. The quantitative estimate of drug-likeness (QED) is 0.139. The third-order valence-electron chi connectivity index (χ3n) is 12.8. The molecule has 0 radical (unpaired) electrons. The highest BCUT2D eigenvalue weighted by Gasteiger charge is 2.21. The Morgan fingerprint density at radius 3 is 1.42 bits per heavy atom. The standard InChI is InChI=1S/C62H42N2/c1-5-19-44(20-6-1)51-27-15-17-31-58(51)63(50-38-40-60-56(42-50)52-28-16-18-32-59(52)64(60)48-25-11-4-12-26-48)49-36-33-43(34-37-49)47-35-39-55-57(41-47)62(46-23-9-3-10-24-46)54-30-14-13-29-53(54)61(55)45-21-7-2-8-22-45/h1-42H. The van der Waals surface area contributed by atoms with E-state index in [0.29, 0.717) is 0 Å². The molecule has 0 saturated carbocycles. The lowest BCUT2D eigenvalue weighted by molar-refractivity contribution is 1.18. The summed E-state index contributed by atoms with van der Waals surface area (Å²) in [6.07, 6.45) is 0. The predicted molar refractivity (Wildman–Crippen MR) is 272 cm³/mol. The van der Waals surface area contributed by atoms with Crippen LogP contribution in [0.5, 0.6) is 0 Å². The van der Waals surface area contributed by atoms with Crippen LogP contribution in [0.4, 0.5) is 17.1 Å². The van der Waals surface area contributed by atoms with Gasteiger partial charge in [-0.2, -0.15) is 0 Å². The number of anilines is 3. The van der Waals surface area contributed by atoms with Crippen LogP contribution in [0.25, 0.3) is 93.5 Å². The number of aromatic nitrogens is 1. The maximum Gasteiger partial charge on any atom is 0.0542 e. The number of fused-ring (bicyclic) bond motifs is 5. The second kappa shape index (κ2) is 15.8. The zero-order valence-electron chi connectivity index (χ0n) is 35.1. The molecular formula is C62H42N2. The number of nitrogens with zero attached hydrogens (tertiary/aromatic N) is 2.